The van der Waals surface area contributed by atoms with Crippen LogP contribution in [0.15, 0.2) is 6.08 Å². The number of benzene rings is 1. The average Bonchev–Trinajstić information content (AvgIpc) is 2.56. The number of carbonyl (C=O) groups excluding carboxylic acids is 3. The van der Waals surface area contributed by atoms with Crippen LogP contribution in [0.4, 0.5) is 0 Å². The minimum atomic E-state index is -0.926. The van der Waals surface area contributed by atoms with Gasteiger partial charge in [-0.15, -0.1) is 0 Å². The number of ether oxygens (including phenoxy) is 3. The lowest BCUT2D eigenvalue weighted by molar-refractivity contribution is -0.139. The summed E-state index contributed by atoms with van der Waals surface area (Å²) in [5.74, 6) is -2.86. The summed E-state index contributed by atoms with van der Waals surface area (Å²) in [5.41, 5.74) is -0.570. The Morgan fingerprint density at radius 3 is 1.92 bits per heavy atom. The maximum absolute atomic E-state index is 12.4. The Balaban J connectivity index is 3.80. The summed E-state index contributed by atoms with van der Waals surface area (Å²) < 4.78 is 14.8. The van der Waals surface area contributed by atoms with Crippen molar-refractivity contribution in [3.05, 3.63) is 31.7 Å². The Labute approximate surface area is 169 Å². The van der Waals surface area contributed by atoms with Crippen LogP contribution in [0.5, 0.6) is 5.75 Å². The molecule has 1 aromatic carbocycles. The van der Waals surface area contributed by atoms with Crippen LogP contribution in [0.1, 0.15) is 26.3 Å². The van der Waals surface area contributed by atoms with Crippen molar-refractivity contribution in [1.82, 2.24) is 0 Å². The van der Waals surface area contributed by atoms with E-state index in [1.807, 2.05) is 0 Å². The van der Waals surface area contributed by atoms with E-state index in [-0.39, 0.29) is 50.2 Å². The molecule has 0 aromatic heterocycles. The molecule has 142 valence electrons. The highest BCUT2D eigenvalue weighted by Crippen LogP contribution is 2.48. The minimum Gasteiger partial charge on any atom is -0.463 e. The molecule has 0 bridgehead atoms. The van der Waals surface area contributed by atoms with E-state index in [9.17, 15) is 14.4 Å². The molecule has 0 radical (unpaired) electrons. The fraction of sp³-hybridized carbons (Fsp3) is 0.312. The molecular formula is C16H14Cl4O6. The minimum absolute atomic E-state index is 0.00850. The molecule has 0 N–H and O–H groups in total. The smallest absolute Gasteiger partial charge is 0.339 e. The molecular weight excluding hydrogens is 430 g/mol. The van der Waals surface area contributed by atoms with Crippen LogP contribution in [-0.2, 0) is 23.9 Å². The highest BCUT2D eigenvalue weighted by atomic mass is 35.5. The lowest BCUT2D eigenvalue weighted by atomic mass is 10.0. The number of rotatable bonds is 6. The van der Waals surface area contributed by atoms with E-state index in [0.29, 0.717) is 0 Å². The van der Waals surface area contributed by atoms with E-state index in [2.05, 4.69) is 0 Å². The van der Waals surface area contributed by atoms with E-state index in [1.54, 1.807) is 13.8 Å². The zero-order valence-electron chi connectivity index (χ0n) is 14.0. The molecule has 6 nitrogen and oxygen atoms in total. The molecule has 0 aliphatic rings. The van der Waals surface area contributed by atoms with Crippen molar-refractivity contribution < 1.29 is 28.6 Å². The number of esters is 3. The molecule has 26 heavy (non-hydrogen) atoms. The predicted octanol–water partition coefficient (Wildman–Crippen LogP) is 4.74. The monoisotopic (exact) mass is 442 g/mol. The fourth-order valence-electron chi connectivity index (χ4n) is 1.84. The second-order valence-corrected chi connectivity index (χ2v) is 6.10. The lowest BCUT2D eigenvalue weighted by Gasteiger charge is -2.17. The van der Waals surface area contributed by atoms with Crippen molar-refractivity contribution in [1.29, 1.82) is 0 Å². The van der Waals surface area contributed by atoms with Crippen LogP contribution in [0.2, 0.25) is 20.1 Å². The standard InChI is InChI=1S/C16H14Cl4O6/c1-4-24-9(22)6-8(16(23)25-5-2)10-11(17)12(18)13(19)14(20)15(10)26-7(3)21/h6H,4-5H2,1-3H3/b8-6-. The van der Waals surface area contributed by atoms with Gasteiger partial charge in [0.2, 0.25) is 0 Å². The molecule has 10 heteroatoms. The molecule has 1 rings (SSSR count). The SMILES string of the molecule is CCOC(=O)/C=C(\C(=O)OCC)c1c(Cl)c(Cl)c(Cl)c(Cl)c1OC(C)=O. The Hall–Kier alpha value is -1.47. The lowest BCUT2D eigenvalue weighted by Crippen LogP contribution is -2.13. The van der Waals surface area contributed by atoms with Crippen molar-refractivity contribution in [3.63, 3.8) is 0 Å². The molecule has 0 unspecified atom stereocenters. The zero-order valence-corrected chi connectivity index (χ0v) is 17.0. The van der Waals surface area contributed by atoms with Crippen molar-refractivity contribution in [2.75, 3.05) is 13.2 Å². The number of hydrogen-bond donors (Lipinski definition) is 0. The van der Waals surface area contributed by atoms with Gasteiger partial charge >= 0.3 is 17.9 Å². The quantitative estimate of drug-likeness (QED) is 0.208. The van der Waals surface area contributed by atoms with Crippen molar-refractivity contribution in [2.45, 2.75) is 20.8 Å². The third kappa shape index (κ3) is 5.27. The van der Waals surface area contributed by atoms with E-state index in [4.69, 9.17) is 60.6 Å². The third-order valence-corrected chi connectivity index (χ3v) is 4.57. The van der Waals surface area contributed by atoms with Gasteiger partial charge in [-0.2, -0.15) is 0 Å². The first kappa shape index (κ1) is 22.6. The van der Waals surface area contributed by atoms with Crippen LogP contribution >= 0.6 is 46.4 Å². The van der Waals surface area contributed by atoms with Gasteiger partial charge in [-0.1, -0.05) is 46.4 Å². The van der Waals surface area contributed by atoms with Gasteiger partial charge in [-0.3, -0.25) is 4.79 Å². The molecule has 0 aliphatic heterocycles. The number of halogens is 4. The van der Waals surface area contributed by atoms with Crippen LogP contribution in [0.25, 0.3) is 5.57 Å². The summed E-state index contributed by atoms with van der Waals surface area (Å²) in [4.78, 5) is 35.7. The van der Waals surface area contributed by atoms with E-state index in [0.717, 1.165) is 13.0 Å². The van der Waals surface area contributed by atoms with Gasteiger partial charge in [0.25, 0.3) is 0 Å². The van der Waals surface area contributed by atoms with Crippen LogP contribution in [0.3, 0.4) is 0 Å². The van der Waals surface area contributed by atoms with Crippen LogP contribution < -0.4 is 4.74 Å². The summed E-state index contributed by atoms with van der Waals surface area (Å²) >= 11 is 24.3. The highest BCUT2D eigenvalue weighted by Gasteiger charge is 2.29. The number of carbonyl (C=O) groups is 3. The second-order valence-electron chi connectivity index (χ2n) is 4.58. The topological polar surface area (TPSA) is 78.9 Å². The molecule has 0 atom stereocenters. The maximum Gasteiger partial charge on any atom is 0.339 e. The Bertz CT molecular complexity index is 773. The summed E-state index contributed by atoms with van der Waals surface area (Å²) in [7, 11) is 0. The first-order chi connectivity index (χ1) is 12.1. The predicted molar refractivity (Wildman–Crippen MR) is 99.0 cm³/mol. The van der Waals surface area contributed by atoms with Gasteiger partial charge < -0.3 is 14.2 Å². The Morgan fingerprint density at radius 2 is 1.42 bits per heavy atom. The molecule has 0 amide bonds. The Morgan fingerprint density at radius 1 is 0.885 bits per heavy atom. The van der Waals surface area contributed by atoms with Gasteiger partial charge in [0, 0.05) is 13.0 Å². The molecule has 0 fully saturated rings. The zero-order chi connectivity index (χ0) is 20.0. The summed E-state index contributed by atoms with van der Waals surface area (Å²) in [5, 5.41) is -0.882. The molecule has 0 heterocycles. The van der Waals surface area contributed by atoms with E-state index in [1.165, 1.54) is 0 Å². The van der Waals surface area contributed by atoms with Gasteiger partial charge in [0.05, 0.1) is 39.4 Å². The summed E-state index contributed by atoms with van der Waals surface area (Å²) in [6.45, 7) is 4.33. The van der Waals surface area contributed by atoms with Crippen molar-refractivity contribution in [2.24, 2.45) is 0 Å². The molecule has 0 aliphatic carbocycles. The van der Waals surface area contributed by atoms with Crippen molar-refractivity contribution >= 4 is 69.9 Å². The molecule has 1 aromatic rings. The summed E-state index contributed by atoms with van der Waals surface area (Å²) in [6.07, 6.45) is 0.844. The maximum atomic E-state index is 12.4. The summed E-state index contributed by atoms with van der Waals surface area (Å²) in [6, 6.07) is 0. The van der Waals surface area contributed by atoms with Gasteiger partial charge in [-0.25, -0.2) is 9.59 Å². The van der Waals surface area contributed by atoms with Gasteiger partial charge in [0.1, 0.15) is 5.02 Å². The van der Waals surface area contributed by atoms with E-state index < -0.39 is 17.9 Å². The van der Waals surface area contributed by atoms with Crippen LogP contribution in [0, 0.1) is 0 Å². The fourth-order valence-corrected chi connectivity index (χ4v) is 2.81. The van der Waals surface area contributed by atoms with Crippen molar-refractivity contribution in [3.8, 4) is 5.75 Å². The molecule has 0 saturated heterocycles. The number of hydrogen-bond acceptors (Lipinski definition) is 6. The average molecular weight is 444 g/mol. The second kappa shape index (κ2) is 10.0. The normalized spacial score (nSPS) is 11.1. The molecule has 0 spiro atoms. The largest absolute Gasteiger partial charge is 0.463 e. The third-order valence-electron chi connectivity index (χ3n) is 2.78. The first-order valence-corrected chi connectivity index (χ1v) is 8.77. The Kier molecular flexibility index (Phi) is 8.70. The molecule has 0 saturated carbocycles. The highest BCUT2D eigenvalue weighted by molar-refractivity contribution is 6.53. The van der Waals surface area contributed by atoms with Gasteiger partial charge in [0.15, 0.2) is 5.75 Å². The first-order valence-electron chi connectivity index (χ1n) is 7.25. The van der Waals surface area contributed by atoms with E-state index >= 15 is 0 Å². The van der Waals surface area contributed by atoms with Gasteiger partial charge in [-0.05, 0) is 13.8 Å². The van der Waals surface area contributed by atoms with Crippen LogP contribution in [-0.4, -0.2) is 31.1 Å².